The number of nitrogens with one attached hydrogen (secondary N) is 1. The fourth-order valence-corrected chi connectivity index (χ4v) is 2.91. The molecule has 6 nitrogen and oxygen atoms in total. The Morgan fingerprint density at radius 3 is 2.26 bits per heavy atom. The van der Waals surface area contributed by atoms with Crippen molar-refractivity contribution in [2.45, 2.75) is 11.3 Å². The molecule has 0 heterocycles. The first-order chi connectivity index (χ1) is 10.9. The summed E-state index contributed by atoms with van der Waals surface area (Å²) in [5.74, 6) is 0.408. The molecule has 1 aromatic rings. The smallest absolute Gasteiger partial charge is 0.240 e. The first-order valence-electron chi connectivity index (χ1n) is 7.08. The minimum absolute atomic E-state index is 0.0258. The number of ether oxygens (including phenoxy) is 1. The van der Waals surface area contributed by atoms with Crippen molar-refractivity contribution in [1.29, 1.82) is 0 Å². The van der Waals surface area contributed by atoms with Crippen molar-refractivity contribution in [2.75, 3.05) is 26.7 Å². The second-order valence-electron chi connectivity index (χ2n) is 4.70. The summed E-state index contributed by atoms with van der Waals surface area (Å²) in [5, 5.41) is 0. The Bertz CT molecular complexity index is 629. The van der Waals surface area contributed by atoms with Crippen molar-refractivity contribution in [3.63, 3.8) is 0 Å². The summed E-state index contributed by atoms with van der Waals surface area (Å²) in [7, 11) is -2.14. The molecule has 0 aromatic heterocycles. The maximum Gasteiger partial charge on any atom is 0.240 e. The lowest BCUT2D eigenvalue weighted by Gasteiger charge is -2.19. The van der Waals surface area contributed by atoms with Crippen LogP contribution in [0.5, 0.6) is 5.75 Å². The molecule has 1 aromatic carbocycles. The van der Waals surface area contributed by atoms with Gasteiger partial charge in [0.1, 0.15) is 5.75 Å². The van der Waals surface area contributed by atoms with Crippen molar-refractivity contribution < 1.29 is 17.9 Å². The van der Waals surface area contributed by atoms with E-state index in [4.69, 9.17) is 4.74 Å². The number of carbonyl (C=O) groups is 1. The minimum atomic E-state index is -3.65. The molecule has 0 spiro atoms. The fourth-order valence-electron chi connectivity index (χ4n) is 1.88. The van der Waals surface area contributed by atoms with E-state index < -0.39 is 10.0 Å². The van der Waals surface area contributed by atoms with E-state index in [1.165, 1.54) is 19.2 Å². The summed E-state index contributed by atoms with van der Waals surface area (Å²) in [6.07, 6.45) is 3.29. The standard InChI is InChI=1S/C16H22N2O4S/c1-4-12-18(13-5-2)16(19)10-11-17-23(20,21)15-8-6-14(22-3)7-9-15/h4-9,17H,1-2,10-13H2,3H3. The highest BCUT2D eigenvalue weighted by molar-refractivity contribution is 7.89. The predicted molar refractivity (Wildman–Crippen MR) is 89.8 cm³/mol. The largest absolute Gasteiger partial charge is 0.497 e. The van der Waals surface area contributed by atoms with E-state index in [1.807, 2.05) is 0 Å². The van der Waals surface area contributed by atoms with Crippen molar-refractivity contribution >= 4 is 15.9 Å². The number of hydrogen-bond donors (Lipinski definition) is 1. The van der Waals surface area contributed by atoms with E-state index in [-0.39, 0.29) is 23.8 Å². The zero-order valence-electron chi connectivity index (χ0n) is 13.2. The molecule has 1 N–H and O–H groups in total. The quantitative estimate of drug-likeness (QED) is 0.657. The van der Waals surface area contributed by atoms with Crippen LogP contribution in [0.3, 0.4) is 0 Å². The van der Waals surface area contributed by atoms with Crippen LogP contribution >= 0.6 is 0 Å². The zero-order chi connectivity index (χ0) is 17.3. The molecule has 0 aliphatic heterocycles. The first-order valence-corrected chi connectivity index (χ1v) is 8.56. The molecule has 1 rings (SSSR count). The van der Waals surface area contributed by atoms with Gasteiger partial charge in [0.2, 0.25) is 15.9 Å². The van der Waals surface area contributed by atoms with E-state index in [0.29, 0.717) is 18.8 Å². The maximum absolute atomic E-state index is 12.1. The summed E-state index contributed by atoms with van der Waals surface area (Å²) in [6, 6.07) is 6.03. The molecule has 0 atom stereocenters. The van der Waals surface area contributed by atoms with Gasteiger partial charge in [0.15, 0.2) is 0 Å². The number of amides is 1. The Morgan fingerprint density at radius 2 is 1.78 bits per heavy atom. The molecule has 0 bridgehead atoms. The van der Waals surface area contributed by atoms with E-state index in [2.05, 4.69) is 17.9 Å². The minimum Gasteiger partial charge on any atom is -0.497 e. The molecule has 0 aliphatic carbocycles. The number of hydrogen-bond acceptors (Lipinski definition) is 4. The van der Waals surface area contributed by atoms with Crippen LogP contribution in [0, 0.1) is 0 Å². The second kappa shape index (κ2) is 9.12. The zero-order valence-corrected chi connectivity index (χ0v) is 14.0. The Labute approximate surface area is 137 Å². The molecular formula is C16H22N2O4S. The third-order valence-electron chi connectivity index (χ3n) is 3.05. The van der Waals surface area contributed by atoms with Crippen LogP contribution in [0.4, 0.5) is 0 Å². The van der Waals surface area contributed by atoms with Crippen LogP contribution in [-0.4, -0.2) is 46.0 Å². The van der Waals surface area contributed by atoms with E-state index in [1.54, 1.807) is 29.2 Å². The number of benzene rings is 1. The third kappa shape index (κ3) is 5.88. The third-order valence-corrected chi connectivity index (χ3v) is 4.53. The van der Waals surface area contributed by atoms with Gasteiger partial charge in [0, 0.05) is 26.1 Å². The van der Waals surface area contributed by atoms with Gasteiger partial charge in [-0.05, 0) is 24.3 Å². The highest BCUT2D eigenvalue weighted by atomic mass is 32.2. The van der Waals surface area contributed by atoms with Crippen molar-refractivity contribution in [3.8, 4) is 5.75 Å². The predicted octanol–water partition coefficient (Wildman–Crippen LogP) is 1.56. The SMILES string of the molecule is C=CCN(CC=C)C(=O)CCNS(=O)(=O)c1ccc(OC)cc1. The van der Waals surface area contributed by atoms with Crippen molar-refractivity contribution in [2.24, 2.45) is 0 Å². The molecule has 0 unspecified atom stereocenters. The Hall–Kier alpha value is -2.12. The van der Waals surface area contributed by atoms with Gasteiger partial charge < -0.3 is 9.64 Å². The maximum atomic E-state index is 12.1. The van der Waals surface area contributed by atoms with Gasteiger partial charge in [0.05, 0.1) is 12.0 Å². The lowest BCUT2D eigenvalue weighted by molar-refractivity contribution is -0.130. The van der Waals surface area contributed by atoms with Gasteiger partial charge in [-0.25, -0.2) is 13.1 Å². The number of carbonyl (C=O) groups excluding carboxylic acids is 1. The van der Waals surface area contributed by atoms with Crippen molar-refractivity contribution in [1.82, 2.24) is 9.62 Å². The lowest BCUT2D eigenvalue weighted by atomic mass is 10.3. The van der Waals surface area contributed by atoms with Crippen LogP contribution in [0.25, 0.3) is 0 Å². The van der Waals surface area contributed by atoms with Gasteiger partial charge in [-0.1, -0.05) is 12.2 Å². The van der Waals surface area contributed by atoms with Crippen LogP contribution in [0.2, 0.25) is 0 Å². The van der Waals surface area contributed by atoms with Crippen LogP contribution < -0.4 is 9.46 Å². The summed E-state index contributed by atoms with van der Waals surface area (Å²) in [6.45, 7) is 8.00. The van der Waals surface area contributed by atoms with Gasteiger partial charge in [-0.15, -0.1) is 13.2 Å². The van der Waals surface area contributed by atoms with Gasteiger partial charge >= 0.3 is 0 Å². The van der Waals surface area contributed by atoms with E-state index in [0.717, 1.165) is 0 Å². The molecule has 0 saturated heterocycles. The van der Waals surface area contributed by atoms with E-state index >= 15 is 0 Å². The highest BCUT2D eigenvalue weighted by Crippen LogP contribution is 2.15. The summed E-state index contributed by atoms with van der Waals surface area (Å²) >= 11 is 0. The molecule has 126 valence electrons. The van der Waals surface area contributed by atoms with Crippen LogP contribution in [-0.2, 0) is 14.8 Å². The molecule has 0 saturated carbocycles. The highest BCUT2D eigenvalue weighted by Gasteiger charge is 2.16. The van der Waals surface area contributed by atoms with Crippen molar-refractivity contribution in [3.05, 3.63) is 49.6 Å². The van der Waals surface area contributed by atoms with E-state index in [9.17, 15) is 13.2 Å². The summed E-state index contributed by atoms with van der Waals surface area (Å²) in [5.41, 5.74) is 0. The average Bonchev–Trinajstić information content (AvgIpc) is 2.54. The molecule has 0 aliphatic rings. The van der Waals surface area contributed by atoms with Gasteiger partial charge in [0.25, 0.3) is 0 Å². The molecule has 0 radical (unpaired) electrons. The number of sulfonamides is 1. The number of nitrogens with zero attached hydrogens (tertiary/aromatic N) is 1. The van der Waals surface area contributed by atoms with Gasteiger partial charge in [-0.3, -0.25) is 4.79 Å². The normalized spacial score (nSPS) is 10.8. The molecule has 23 heavy (non-hydrogen) atoms. The monoisotopic (exact) mass is 338 g/mol. The number of methoxy groups -OCH3 is 1. The first kappa shape index (κ1) is 18.9. The van der Waals surface area contributed by atoms with Crippen LogP contribution in [0.15, 0.2) is 54.5 Å². The van der Waals surface area contributed by atoms with Gasteiger partial charge in [-0.2, -0.15) is 0 Å². The topological polar surface area (TPSA) is 75.7 Å². The molecular weight excluding hydrogens is 316 g/mol. The Kier molecular flexibility index (Phi) is 7.50. The molecule has 0 fully saturated rings. The number of rotatable bonds is 10. The fraction of sp³-hybridized carbons (Fsp3) is 0.312. The Balaban J connectivity index is 2.60. The Morgan fingerprint density at radius 1 is 1.22 bits per heavy atom. The summed E-state index contributed by atoms with van der Waals surface area (Å²) < 4.78 is 31.7. The van der Waals surface area contributed by atoms with Crippen LogP contribution in [0.1, 0.15) is 6.42 Å². The molecule has 7 heteroatoms. The lowest BCUT2D eigenvalue weighted by Crippen LogP contribution is -2.34. The summed E-state index contributed by atoms with van der Waals surface area (Å²) in [4.78, 5) is 13.7. The average molecular weight is 338 g/mol. The second-order valence-corrected chi connectivity index (χ2v) is 6.47. The molecule has 1 amide bonds.